The average Bonchev–Trinajstić information content (AvgIpc) is 2.70. The molecule has 2 heterocycles. The van der Waals surface area contributed by atoms with Crippen LogP contribution in [0.1, 0.15) is 38.4 Å². The van der Waals surface area contributed by atoms with E-state index in [1.54, 1.807) is 0 Å². The first kappa shape index (κ1) is 11.2. The molecule has 2 rings (SSSR count). The Balaban J connectivity index is 1.99. The Kier molecular flexibility index (Phi) is 3.27. The Morgan fingerprint density at radius 3 is 3.06 bits per heavy atom. The normalized spacial score (nSPS) is 21.2. The maximum atomic E-state index is 11.6. The first-order valence-electron chi connectivity index (χ1n) is 5.98. The zero-order chi connectivity index (χ0) is 11.5. The molecule has 16 heavy (non-hydrogen) atoms. The summed E-state index contributed by atoms with van der Waals surface area (Å²) >= 11 is 0. The van der Waals surface area contributed by atoms with Crippen molar-refractivity contribution in [2.45, 2.75) is 39.2 Å². The average molecular weight is 221 g/mol. The Morgan fingerprint density at radius 2 is 2.44 bits per heavy atom. The number of nitrogens with zero attached hydrogens (tertiary/aromatic N) is 2. The fraction of sp³-hybridized carbons (Fsp3) is 0.667. The predicted octanol–water partition coefficient (Wildman–Crippen LogP) is 1.53. The highest BCUT2D eigenvalue weighted by Gasteiger charge is 2.22. The molecule has 0 aliphatic carbocycles. The summed E-state index contributed by atoms with van der Waals surface area (Å²) in [7, 11) is 0. The molecule has 0 spiro atoms. The quantitative estimate of drug-likeness (QED) is 0.841. The van der Waals surface area contributed by atoms with Crippen LogP contribution in [0.5, 0.6) is 0 Å². The molecule has 1 fully saturated rings. The standard InChI is InChI=1S/C12H19N3O/c1-9(2)15-7-5-11(14-15)8-10-4-3-6-13-12(10)16/h5,7,9-10H,3-4,6,8H2,1-2H3,(H,13,16). The van der Waals surface area contributed by atoms with Crippen LogP contribution in [0.3, 0.4) is 0 Å². The third kappa shape index (κ3) is 2.43. The van der Waals surface area contributed by atoms with E-state index >= 15 is 0 Å². The van der Waals surface area contributed by atoms with Gasteiger partial charge in [0.05, 0.1) is 5.69 Å². The lowest BCUT2D eigenvalue weighted by atomic mass is 9.94. The van der Waals surface area contributed by atoms with Crippen LogP contribution in [0.4, 0.5) is 0 Å². The van der Waals surface area contributed by atoms with Gasteiger partial charge in [-0.1, -0.05) is 0 Å². The number of aromatic nitrogens is 2. The fourth-order valence-electron chi connectivity index (χ4n) is 2.06. The van der Waals surface area contributed by atoms with Gasteiger partial charge in [0.2, 0.25) is 5.91 Å². The maximum Gasteiger partial charge on any atom is 0.223 e. The minimum Gasteiger partial charge on any atom is -0.356 e. The molecular formula is C12H19N3O. The van der Waals surface area contributed by atoms with E-state index in [2.05, 4.69) is 24.3 Å². The van der Waals surface area contributed by atoms with Crippen LogP contribution in [0.2, 0.25) is 0 Å². The SMILES string of the molecule is CC(C)n1ccc(CC2CCCNC2=O)n1. The Bertz CT molecular complexity index is 370. The van der Waals surface area contributed by atoms with Crippen LogP contribution < -0.4 is 5.32 Å². The monoisotopic (exact) mass is 221 g/mol. The fourth-order valence-corrected chi connectivity index (χ4v) is 2.06. The zero-order valence-corrected chi connectivity index (χ0v) is 9.94. The number of amides is 1. The van der Waals surface area contributed by atoms with Gasteiger partial charge in [-0.25, -0.2) is 0 Å². The molecule has 1 aliphatic heterocycles. The summed E-state index contributed by atoms with van der Waals surface area (Å²) in [6, 6.07) is 2.40. The molecule has 88 valence electrons. The number of hydrogen-bond acceptors (Lipinski definition) is 2. The van der Waals surface area contributed by atoms with Crippen molar-refractivity contribution < 1.29 is 4.79 Å². The van der Waals surface area contributed by atoms with Gasteiger partial charge >= 0.3 is 0 Å². The number of hydrogen-bond donors (Lipinski definition) is 1. The van der Waals surface area contributed by atoms with E-state index in [9.17, 15) is 4.79 Å². The molecule has 0 bridgehead atoms. The van der Waals surface area contributed by atoms with Crippen LogP contribution >= 0.6 is 0 Å². The smallest absolute Gasteiger partial charge is 0.223 e. The second kappa shape index (κ2) is 4.68. The lowest BCUT2D eigenvalue weighted by Crippen LogP contribution is -2.37. The van der Waals surface area contributed by atoms with Crippen molar-refractivity contribution in [3.63, 3.8) is 0 Å². The number of piperidine rings is 1. The lowest BCUT2D eigenvalue weighted by Gasteiger charge is -2.20. The highest BCUT2D eigenvalue weighted by atomic mass is 16.1. The summed E-state index contributed by atoms with van der Waals surface area (Å²) in [5.74, 6) is 0.301. The van der Waals surface area contributed by atoms with Crippen LogP contribution in [-0.2, 0) is 11.2 Å². The molecule has 0 radical (unpaired) electrons. The molecule has 4 nitrogen and oxygen atoms in total. The van der Waals surface area contributed by atoms with Gasteiger partial charge in [0, 0.05) is 31.1 Å². The second-order valence-corrected chi connectivity index (χ2v) is 4.72. The van der Waals surface area contributed by atoms with Crippen molar-refractivity contribution in [2.75, 3.05) is 6.54 Å². The van der Waals surface area contributed by atoms with Crippen molar-refractivity contribution in [3.05, 3.63) is 18.0 Å². The van der Waals surface area contributed by atoms with Gasteiger partial charge in [-0.3, -0.25) is 9.48 Å². The van der Waals surface area contributed by atoms with Gasteiger partial charge in [0.15, 0.2) is 0 Å². The molecule has 4 heteroatoms. The number of carbonyl (C=O) groups is 1. The molecule has 1 saturated heterocycles. The molecule has 1 aliphatic rings. The van der Waals surface area contributed by atoms with Gasteiger partial charge in [0.25, 0.3) is 0 Å². The molecular weight excluding hydrogens is 202 g/mol. The highest BCUT2D eigenvalue weighted by Crippen LogP contribution is 2.17. The van der Waals surface area contributed by atoms with Gasteiger partial charge in [0.1, 0.15) is 0 Å². The highest BCUT2D eigenvalue weighted by molar-refractivity contribution is 5.79. The molecule has 1 unspecified atom stereocenters. The van der Waals surface area contributed by atoms with Gasteiger partial charge in [-0.15, -0.1) is 0 Å². The van der Waals surface area contributed by atoms with Crippen molar-refractivity contribution in [3.8, 4) is 0 Å². The predicted molar refractivity (Wildman–Crippen MR) is 62.0 cm³/mol. The Labute approximate surface area is 96.0 Å². The summed E-state index contributed by atoms with van der Waals surface area (Å²) < 4.78 is 1.94. The van der Waals surface area contributed by atoms with E-state index in [0.717, 1.165) is 31.5 Å². The van der Waals surface area contributed by atoms with Crippen LogP contribution in [0, 0.1) is 5.92 Å². The Morgan fingerprint density at radius 1 is 1.62 bits per heavy atom. The van der Waals surface area contributed by atoms with Crippen molar-refractivity contribution in [2.24, 2.45) is 5.92 Å². The van der Waals surface area contributed by atoms with E-state index < -0.39 is 0 Å². The number of rotatable bonds is 3. The maximum absolute atomic E-state index is 11.6. The van der Waals surface area contributed by atoms with Crippen LogP contribution in [0.25, 0.3) is 0 Å². The summed E-state index contributed by atoms with van der Waals surface area (Å²) in [5.41, 5.74) is 1.02. The summed E-state index contributed by atoms with van der Waals surface area (Å²) in [4.78, 5) is 11.6. The third-order valence-electron chi connectivity index (χ3n) is 3.05. The first-order valence-corrected chi connectivity index (χ1v) is 5.98. The van der Waals surface area contributed by atoms with Crippen molar-refractivity contribution in [1.82, 2.24) is 15.1 Å². The molecule has 1 aromatic heterocycles. The summed E-state index contributed by atoms with van der Waals surface area (Å²) in [6.45, 7) is 5.03. The topological polar surface area (TPSA) is 46.9 Å². The van der Waals surface area contributed by atoms with Crippen LogP contribution in [0.15, 0.2) is 12.3 Å². The van der Waals surface area contributed by atoms with Gasteiger partial charge < -0.3 is 5.32 Å². The van der Waals surface area contributed by atoms with Gasteiger partial charge in [-0.2, -0.15) is 5.10 Å². The second-order valence-electron chi connectivity index (χ2n) is 4.72. The molecule has 0 saturated carbocycles. The Hall–Kier alpha value is -1.32. The van der Waals surface area contributed by atoms with E-state index in [1.807, 2.05) is 16.9 Å². The lowest BCUT2D eigenvalue weighted by molar-refractivity contribution is -0.126. The van der Waals surface area contributed by atoms with Gasteiger partial charge in [-0.05, 0) is 32.8 Å². The van der Waals surface area contributed by atoms with Crippen molar-refractivity contribution >= 4 is 5.91 Å². The number of nitrogens with one attached hydrogen (secondary N) is 1. The molecule has 0 aromatic carbocycles. The molecule has 1 aromatic rings. The van der Waals surface area contributed by atoms with Crippen LogP contribution in [-0.4, -0.2) is 22.2 Å². The van der Waals surface area contributed by atoms with Crippen molar-refractivity contribution in [1.29, 1.82) is 0 Å². The summed E-state index contributed by atoms with van der Waals surface area (Å²) in [5, 5.41) is 7.38. The molecule has 1 N–H and O–H groups in total. The largest absolute Gasteiger partial charge is 0.356 e. The number of carbonyl (C=O) groups excluding carboxylic acids is 1. The molecule has 1 amide bonds. The minimum atomic E-state index is 0.115. The minimum absolute atomic E-state index is 0.115. The summed E-state index contributed by atoms with van der Waals surface area (Å²) in [6.07, 6.45) is 4.83. The molecule has 1 atom stereocenters. The zero-order valence-electron chi connectivity index (χ0n) is 9.94. The first-order chi connectivity index (χ1) is 7.66. The van der Waals surface area contributed by atoms with E-state index in [1.165, 1.54) is 0 Å². The van der Waals surface area contributed by atoms with E-state index in [0.29, 0.717) is 6.04 Å². The third-order valence-corrected chi connectivity index (χ3v) is 3.05. The van der Waals surface area contributed by atoms with E-state index in [4.69, 9.17) is 0 Å². The van der Waals surface area contributed by atoms with E-state index in [-0.39, 0.29) is 11.8 Å².